The smallest absolute Gasteiger partial charge is 0.254 e. The molecule has 2 aliphatic heterocycles. The number of ether oxygens (including phenoxy) is 2. The summed E-state index contributed by atoms with van der Waals surface area (Å²) in [5.74, 6) is -1.30. The lowest BCUT2D eigenvalue weighted by molar-refractivity contribution is -0.132. The number of nitrogens with zero attached hydrogens (tertiary/aromatic N) is 1. The zero-order chi connectivity index (χ0) is 32.4. The maximum atomic E-state index is 14.0. The largest absolute Gasteiger partial charge is 0.466 e. The van der Waals surface area contributed by atoms with Gasteiger partial charge in [-0.25, -0.2) is 0 Å². The number of hydrogen-bond donors (Lipinski definition) is 3. The number of benzene rings is 2. The Morgan fingerprint density at radius 2 is 1.82 bits per heavy atom. The first kappa shape index (κ1) is 31.7. The van der Waals surface area contributed by atoms with Gasteiger partial charge in [0.25, 0.3) is 5.91 Å². The molecule has 0 spiro atoms. The molecule has 238 valence electrons. The number of carbonyl (C=O) groups excluding carboxylic acids is 4. The second-order valence-corrected chi connectivity index (χ2v) is 12.1. The highest BCUT2D eigenvalue weighted by molar-refractivity contribution is 6.00. The molecule has 45 heavy (non-hydrogen) atoms. The van der Waals surface area contributed by atoms with Crippen LogP contribution in [0.2, 0.25) is 0 Å². The van der Waals surface area contributed by atoms with Crippen LogP contribution in [0.3, 0.4) is 0 Å². The lowest BCUT2D eigenvalue weighted by Crippen LogP contribution is -2.54. The normalized spacial score (nSPS) is 16.6. The highest BCUT2D eigenvalue weighted by atomic mass is 16.7. The number of amides is 4. The zero-order valence-corrected chi connectivity index (χ0v) is 25.9. The van der Waals surface area contributed by atoms with Crippen LogP contribution >= 0.6 is 0 Å². The summed E-state index contributed by atoms with van der Waals surface area (Å²) in [4.78, 5) is 66.0. The number of fused-ring (bicyclic) bond motifs is 2. The Labute approximate surface area is 260 Å². The second kappa shape index (κ2) is 13.1. The maximum Gasteiger partial charge on any atom is 0.254 e. The van der Waals surface area contributed by atoms with Gasteiger partial charge in [-0.05, 0) is 74.4 Å². The zero-order valence-electron chi connectivity index (χ0n) is 25.9. The minimum atomic E-state index is -0.901. The highest BCUT2D eigenvalue weighted by Crippen LogP contribution is 2.38. The molecule has 2 aromatic carbocycles. The third-order valence-electron chi connectivity index (χ3n) is 8.16. The van der Waals surface area contributed by atoms with E-state index in [2.05, 4.69) is 10.6 Å². The molecule has 0 radical (unpaired) electrons. The Bertz CT molecular complexity index is 1730. The summed E-state index contributed by atoms with van der Waals surface area (Å²) in [6.45, 7) is 7.86. The summed E-state index contributed by atoms with van der Waals surface area (Å²) in [5, 5.41) is 5.69. The molecule has 4 N–H and O–H groups in total. The fourth-order valence-electron chi connectivity index (χ4n) is 5.79. The average molecular weight is 619 g/mol. The Morgan fingerprint density at radius 1 is 1.07 bits per heavy atom. The minimum Gasteiger partial charge on any atom is -0.466 e. The number of primary amides is 1. The third-order valence-corrected chi connectivity index (χ3v) is 8.16. The molecule has 2 atom stereocenters. The molecule has 2 unspecified atom stereocenters. The standard InChI is InChI=1S/C33H38N4O8/c1-17(2)8-24(31(40)35-14-29(34)39)36-32(41)25-6-5-7-37(25)33(42)20-11-21-15-43-16-44-30(21)23(12-20)28-13-26(38)22-9-18(3)19(4)10-27(22)45-28/h9-13,17,24-25H,5-8,14-16H2,1-4H3,(H2,34,39)(H,35,40)(H,36,41). The minimum absolute atomic E-state index is 0.00232. The van der Waals surface area contributed by atoms with E-state index in [4.69, 9.17) is 19.6 Å². The summed E-state index contributed by atoms with van der Waals surface area (Å²) in [6, 6.07) is 6.57. The number of nitrogens with one attached hydrogen (secondary N) is 2. The van der Waals surface area contributed by atoms with Crippen LogP contribution in [0.15, 0.2) is 39.5 Å². The third kappa shape index (κ3) is 6.85. The van der Waals surface area contributed by atoms with Crippen LogP contribution in [0.5, 0.6) is 5.75 Å². The van der Waals surface area contributed by atoms with Crippen LogP contribution in [0, 0.1) is 19.8 Å². The van der Waals surface area contributed by atoms with Gasteiger partial charge in [0.2, 0.25) is 17.7 Å². The van der Waals surface area contributed by atoms with Gasteiger partial charge in [0.05, 0.1) is 24.1 Å². The van der Waals surface area contributed by atoms with Gasteiger partial charge in [-0.2, -0.15) is 0 Å². The van der Waals surface area contributed by atoms with Crippen molar-refractivity contribution in [3.05, 3.63) is 62.8 Å². The van der Waals surface area contributed by atoms with Crippen molar-refractivity contribution in [2.45, 2.75) is 65.6 Å². The average Bonchev–Trinajstić information content (AvgIpc) is 3.49. The van der Waals surface area contributed by atoms with Crippen molar-refractivity contribution in [2.75, 3.05) is 19.9 Å². The van der Waals surface area contributed by atoms with Crippen LogP contribution in [0.1, 0.15) is 60.2 Å². The van der Waals surface area contributed by atoms with E-state index in [0.717, 1.165) is 11.1 Å². The first-order valence-electron chi connectivity index (χ1n) is 15.0. The van der Waals surface area contributed by atoms with Crippen molar-refractivity contribution in [2.24, 2.45) is 11.7 Å². The summed E-state index contributed by atoms with van der Waals surface area (Å²) in [6.07, 6.45) is 1.34. The van der Waals surface area contributed by atoms with E-state index >= 15 is 0 Å². The predicted molar refractivity (Wildman–Crippen MR) is 165 cm³/mol. The van der Waals surface area contributed by atoms with Crippen molar-refractivity contribution in [1.82, 2.24) is 15.5 Å². The summed E-state index contributed by atoms with van der Waals surface area (Å²) >= 11 is 0. The lowest BCUT2D eigenvalue weighted by atomic mass is 9.99. The first-order valence-corrected chi connectivity index (χ1v) is 15.0. The molecule has 2 aliphatic rings. The van der Waals surface area contributed by atoms with Gasteiger partial charge < -0.3 is 35.2 Å². The molecule has 0 bridgehead atoms. The van der Waals surface area contributed by atoms with Crippen molar-refractivity contribution in [3.63, 3.8) is 0 Å². The number of carbonyl (C=O) groups is 4. The van der Waals surface area contributed by atoms with Crippen LogP contribution < -0.4 is 26.5 Å². The topological polar surface area (TPSA) is 170 Å². The number of rotatable bonds is 9. The molecule has 12 nitrogen and oxygen atoms in total. The lowest BCUT2D eigenvalue weighted by Gasteiger charge is -2.28. The van der Waals surface area contributed by atoms with Gasteiger partial charge in [0.1, 0.15) is 29.2 Å². The Balaban J connectivity index is 1.46. The molecular weight excluding hydrogens is 580 g/mol. The van der Waals surface area contributed by atoms with Crippen LogP contribution in [-0.2, 0) is 25.7 Å². The van der Waals surface area contributed by atoms with Crippen LogP contribution in [0.4, 0.5) is 0 Å². The van der Waals surface area contributed by atoms with E-state index in [-0.39, 0.29) is 42.6 Å². The van der Waals surface area contributed by atoms with E-state index in [1.54, 1.807) is 18.2 Å². The number of likely N-dealkylation sites (tertiary alicyclic amines) is 1. The molecule has 5 rings (SSSR count). The molecule has 1 saturated heterocycles. The van der Waals surface area contributed by atoms with Gasteiger partial charge in [-0.3, -0.25) is 24.0 Å². The van der Waals surface area contributed by atoms with E-state index < -0.39 is 35.7 Å². The second-order valence-electron chi connectivity index (χ2n) is 12.1. The van der Waals surface area contributed by atoms with Crippen molar-refractivity contribution in [3.8, 4) is 17.1 Å². The first-order chi connectivity index (χ1) is 21.4. The van der Waals surface area contributed by atoms with E-state index in [1.807, 2.05) is 33.8 Å². The fourth-order valence-corrected chi connectivity index (χ4v) is 5.79. The Morgan fingerprint density at radius 3 is 2.56 bits per heavy atom. The molecule has 1 aromatic heterocycles. The Hall–Kier alpha value is -4.71. The van der Waals surface area contributed by atoms with Crippen LogP contribution in [0.25, 0.3) is 22.3 Å². The molecule has 4 amide bonds. The van der Waals surface area contributed by atoms with Gasteiger partial charge in [-0.1, -0.05) is 13.8 Å². The van der Waals surface area contributed by atoms with Gasteiger partial charge in [0.15, 0.2) is 12.2 Å². The van der Waals surface area contributed by atoms with Gasteiger partial charge >= 0.3 is 0 Å². The van der Waals surface area contributed by atoms with Gasteiger partial charge in [-0.15, -0.1) is 0 Å². The molecule has 3 heterocycles. The van der Waals surface area contributed by atoms with Crippen molar-refractivity contribution < 1.29 is 33.1 Å². The monoisotopic (exact) mass is 618 g/mol. The quantitative estimate of drug-likeness (QED) is 0.329. The predicted octanol–water partition coefficient (Wildman–Crippen LogP) is 2.68. The Kier molecular flexibility index (Phi) is 9.24. The van der Waals surface area contributed by atoms with E-state index in [1.165, 1.54) is 11.0 Å². The maximum absolute atomic E-state index is 14.0. The number of nitrogens with two attached hydrogens (primary N) is 1. The molecule has 1 fully saturated rings. The van der Waals surface area contributed by atoms with Crippen molar-refractivity contribution >= 4 is 34.6 Å². The summed E-state index contributed by atoms with van der Waals surface area (Å²) in [5.41, 5.74) is 8.61. The fraction of sp³-hybridized carbons (Fsp3) is 0.424. The molecule has 0 aliphatic carbocycles. The highest BCUT2D eigenvalue weighted by Gasteiger charge is 2.37. The molecule has 3 aromatic rings. The molecular formula is C33H38N4O8. The van der Waals surface area contributed by atoms with Crippen LogP contribution in [-0.4, -0.2) is 60.5 Å². The summed E-state index contributed by atoms with van der Waals surface area (Å²) < 4.78 is 17.5. The number of aryl methyl sites for hydroxylation is 2. The number of hydrogen-bond acceptors (Lipinski definition) is 8. The SMILES string of the molecule is Cc1cc2oc(-c3cc(C(=O)N4CCCC4C(=O)NC(CC(C)C)C(=O)NCC(N)=O)cc4c3OCOC4)cc(=O)c2cc1C. The molecule has 0 saturated carbocycles. The van der Waals surface area contributed by atoms with E-state index in [0.29, 0.717) is 53.7 Å². The van der Waals surface area contributed by atoms with E-state index in [9.17, 15) is 24.0 Å². The van der Waals surface area contributed by atoms with Crippen molar-refractivity contribution in [1.29, 1.82) is 0 Å². The molecule has 12 heteroatoms. The van der Waals surface area contributed by atoms with Gasteiger partial charge in [0, 0.05) is 23.7 Å². The summed E-state index contributed by atoms with van der Waals surface area (Å²) in [7, 11) is 0.